The summed E-state index contributed by atoms with van der Waals surface area (Å²) < 4.78 is 0. The minimum Gasteiger partial charge on any atom is -0.0622 e. The molecule has 0 saturated carbocycles. The van der Waals surface area contributed by atoms with Crippen LogP contribution in [0.15, 0.2) is 30.3 Å². The van der Waals surface area contributed by atoms with E-state index in [1.165, 1.54) is 5.56 Å². The molecule has 0 fully saturated rings. The molecule has 0 heterocycles. The smallest absolute Gasteiger partial charge is 0.0622 e. The second-order valence-electron chi connectivity index (χ2n) is 1.84. The number of aryl methyl sites for hydroxylation is 1. The van der Waals surface area contributed by atoms with Crippen molar-refractivity contribution in [1.82, 2.24) is 0 Å². The van der Waals surface area contributed by atoms with Crippen molar-refractivity contribution in [2.45, 2.75) is 13.3 Å². The molecule has 1 aromatic rings. The fourth-order valence-electron chi connectivity index (χ4n) is 0.714. The van der Waals surface area contributed by atoms with Crippen LogP contribution < -0.4 is 29.6 Å². The molecule has 1 aromatic carbocycles. The predicted octanol–water partition coefficient (Wildman–Crippen LogP) is -0.747. The zero-order valence-electron chi connectivity index (χ0n) is 6.09. The third-order valence-corrected chi connectivity index (χ3v) is 1.25. The Hall–Kier alpha value is 0.220. The standard InChI is InChI=1S/C8H10.Na/c1-2-8-6-4-3-5-7-8;/h3-7H,2H2,1H3;/q;+1. The van der Waals surface area contributed by atoms with Gasteiger partial charge in [0.2, 0.25) is 0 Å². The maximum atomic E-state index is 2.16. The van der Waals surface area contributed by atoms with Gasteiger partial charge >= 0.3 is 29.6 Å². The molecule has 0 amide bonds. The number of hydrogen-bond acceptors (Lipinski definition) is 0. The van der Waals surface area contributed by atoms with Crippen LogP contribution in [-0.4, -0.2) is 0 Å². The Morgan fingerprint density at radius 1 is 1.11 bits per heavy atom. The topological polar surface area (TPSA) is 0 Å². The summed E-state index contributed by atoms with van der Waals surface area (Å²) in [5.41, 5.74) is 1.41. The molecule has 0 saturated heterocycles. The van der Waals surface area contributed by atoms with E-state index in [0.717, 1.165) is 6.42 Å². The van der Waals surface area contributed by atoms with Gasteiger partial charge in [-0.2, -0.15) is 0 Å². The molecule has 1 rings (SSSR count). The monoisotopic (exact) mass is 129 g/mol. The van der Waals surface area contributed by atoms with Gasteiger partial charge in [0, 0.05) is 0 Å². The molecule has 0 bridgehead atoms. The summed E-state index contributed by atoms with van der Waals surface area (Å²) in [4.78, 5) is 0. The van der Waals surface area contributed by atoms with Crippen LogP contribution in [0.3, 0.4) is 0 Å². The second kappa shape index (κ2) is 5.04. The van der Waals surface area contributed by atoms with E-state index >= 15 is 0 Å². The second-order valence-corrected chi connectivity index (χ2v) is 1.84. The van der Waals surface area contributed by atoms with Gasteiger partial charge in [0.25, 0.3) is 0 Å². The van der Waals surface area contributed by atoms with Gasteiger partial charge in [-0.1, -0.05) is 37.3 Å². The first-order valence-corrected chi connectivity index (χ1v) is 2.97. The number of benzene rings is 1. The van der Waals surface area contributed by atoms with Crippen LogP contribution in [-0.2, 0) is 6.42 Å². The molecule has 0 aliphatic carbocycles. The first-order chi connectivity index (χ1) is 3.93. The summed E-state index contributed by atoms with van der Waals surface area (Å²) in [5, 5.41) is 0. The van der Waals surface area contributed by atoms with Crippen LogP contribution >= 0.6 is 0 Å². The molecule has 0 atom stereocenters. The summed E-state index contributed by atoms with van der Waals surface area (Å²) >= 11 is 0. The Morgan fingerprint density at radius 3 is 2.00 bits per heavy atom. The van der Waals surface area contributed by atoms with E-state index in [2.05, 4.69) is 31.2 Å². The first kappa shape index (κ1) is 9.22. The van der Waals surface area contributed by atoms with Crippen LogP contribution in [0.4, 0.5) is 0 Å². The molecule has 42 valence electrons. The van der Waals surface area contributed by atoms with Gasteiger partial charge in [0.15, 0.2) is 0 Å². The van der Waals surface area contributed by atoms with Crippen LogP contribution in [0.2, 0.25) is 0 Å². The predicted molar refractivity (Wildman–Crippen MR) is 35.8 cm³/mol. The zero-order chi connectivity index (χ0) is 5.82. The molecule has 0 unspecified atom stereocenters. The maximum absolute atomic E-state index is 2.16. The van der Waals surface area contributed by atoms with Gasteiger partial charge in [-0.25, -0.2) is 0 Å². The molecule has 0 spiro atoms. The van der Waals surface area contributed by atoms with Gasteiger partial charge in [-0.15, -0.1) is 0 Å². The Labute approximate surface area is 78.6 Å². The fraction of sp³-hybridized carbons (Fsp3) is 0.250. The Morgan fingerprint density at radius 2 is 1.67 bits per heavy atom. The first-order valence-electron chi connectivity index (χ1n) is 2.97. The third-order valence-electron chi connectivity index (χ3n) is 1.25. The van der Waals surface area contributed by atoms with Crippen molar-refractivity contribution in [3.8, 4) is 0 Å². The van der Waals surface area contributed by atoms with Gasteiger partial charge in [0.1, 0.15) is 0 Å². The Kier molecular flexibility index (Phi) is 5.16. The van der Waals surface area contributed by atoms with Crippen molar-refractivity contribution in [3.05, 3.63) is 35.9 Å². The van der Waals surface area contributed by atoms with Gasteiger partial charge < -0.3 is 0 Å². The molecule has 0 aromatic heterocycles. The van der Waals surface area contributed by atoms with Crippen molar-refractivity contribution in [3.63, 3.8) is 0 Å². The van der Waals surface area contributed by atoms with E-state index in [4.69, 9.17) is 0 Å². The SMILES string of the molecule is CCc1ccccc1.[Na+]. The van der Waals surface area contributed by atoms with Crippen LogP contribution in [0.5, 0.6) is 0 Å². The molecule has 0 nitrogen and oxygen atoms in total. The van der Waals surface area contributed by atoms with Crippen LogP contribution in [0.25, 0.3) is 0 Å². The van der Waals surface area contributed by atoms with E-state index < -0.39 is 0 Å². The van der Waals surface area contributed by atoms with Gasteiger partial charge in [-0.05, 0) is 12.0 Å². The molecule has 0 aliphatic rings. The molecule has 0 N–H and O–H groups in total. The summed E-state index contributed by atoms with van der Waals surface area (Å²) in [5.74, 6) is 0. The van der Waals surface area contributed by atoms with Crippen molar-refractivity contribution in [2.75, 3.05) is 0 Å². The normalized spacial score (nSPS) is 8.11. The quantitative estimate of drug-likeness (QED) is 0.438. The fourth-order valence-corrected chi connectivity index (χ4v) is 0.714. The number of rotatable bonds is 1. The van der Waals surface area contributed by atoms with E-state index in [0.29, 0.717) is 0 Å². The molecule has 9 heavy (non-hydrogen) atoms. The van der Waals surface area contributed by atoms with Crippen LogP contribution in [0.1, 0.15) is 12.5 Å². The molecular weight excluding hydrogens is 119 g/mol. The zero-order valence-corrected chi connectivity index (χ0v) is 8.09. The molecule has 1 heteroatoms. The average molecular weight is 129 g/mol. The van der Waals surface area contributed by atoms with Gasteiger partial charge in [0.05, 0.1) is 0 Å². The molecule has 0 aliphatic heterocycles. The summed E-state index contributed by atoms with van der Waals surface area (Å²) in [6.45, 7) is 2.16. The number of hydrogen-bond donors (Lipinski definition) is 0. The van der Waals surface area contributed by atoms with Crippen molar-refractivity contribution in [1.29, 1.82) is 0 Å². The summed E-state index contributed by atoms with van der Waals surface area (Å²) in [7, 11) is 0. The Balaban J connectivity index is 0.000000640. The summed E-state index contributed by atoms with van der Waals surface area (Å²) in [6.07, 6.45) is 1.14. The van der Waals surface area contributed by atoms with Gasteiger partial charge in [-0.3, -0.25) is 0 Å². The Bertz CT molecular complexity index is 146. The largest absolute Gasteiger partial charge is 1.00 e. The van der Waals surface area contributed by atoms with E-state index in [9.17, 15) is 0 Å². The molecular formula is C8H10Na+. The third kappa shape index (κ3) is 3.04. The molecule has 0 radical (unpaired) electrons. The van der Waals surface area contributed by atoms with E-state index in [1.807, 2.05) is 6.07 Å². The van der Waals surface area contributed by atoms with E-state index in [-0.39, 0.29) is 29.6 Å². The average Bonchev–Trinajstić information content (AvgIpc) is 1.90. The summed E-state index contributed by atoms with van der Waals surface area (Å²) in [6, 6.07) is 10.5. The maximum Gasteiger partial charge on any atom is 1.00 e. The van der Waals surface area contributed by atoms with Crippen LogP contribution in [0, 0.1) is 0 Å². The van der Waals surface area contributed by atoms with E-state index in [1.54, 1.807) is 0 Å². The van der Waals surface area contributed by atoms with Crippen molar-refractivity contribution in [2.24, 2.45) is 0 Å². The van der Waals surface area contributed by atoms with Crippen molar-refractivity contribution < 1.29 is 29.6 Å². The van der Waals surface area contributed by atoms with Crippen molar-refractivity contribution >= 4 is 0 Å². The minimum atomic E-state index is 0. The minimum absolute atomic E-state index is 0.